The second-order valence-electron chi connectivity index (χ2n) is 7.33. The number of aromatic nitrogens is 1. The predicted octanol–water partition coefficient (Wildman–Crippen LogP) is 4.74. The van der Waals surface area contributed by atoms with E-state index in [9.17, 15) is 0 Å². The minimum Gasteiger partial charge on any atom is -0.349 e. The van der Waals surface area contributed by atoms with E-state index in [1.54, 1.807) is 0 Å². The minimum atomic E-state index is 0.962. The van der Waals surface area contributed by atoms with Crippen molar-refractivity contribution in [3.8, 4) is 0 Å². The highest BCUT2D eigenvalue weighted by Crippen LogP contribution is 2.39. The molecular formula is C23H21BrN3+. The third-order valence-electron chi connectivity index (χ3n) is 5.36. The predicted molar refractivity (Wildman–Crippen MR) is 114 cm³/mol. The summed E-state index contributed by atoms with van der Waals surface area (Å²) in [5.41, 5.74) is 7.98. The van der Waals surface area contributed by atoms with Gasteiger partial charge in [0.1, 0.15) is 7.05 Å². The summed E-state index contributed by atoms with van der Waals surface area (Å²) >= 11 is 3.61. The minimum absolute atomic E-state index is 0.962. The number of nitrogens with zero attached hydrogens (tertiary/aromatic N) is 3. The molecule has 0 spiro atoms. The van der Waals surface area contributed by atoms with Crippen molar-refractivity contribution in [1.29, 1.82) is 0 Å². The number of anilines is 2. The van der Waals surface area contributed by atoms with Gasteiger partial charge < -0.3 is 9.80 Å². The Kier molecular flexibility index (Phi) is 4.01. The second kappa shape index (κ2) is 6.54. The summed E-state index contributed by atoms with van der Waals surface area (Å²) in [6.45, 7) is 2.90. The van der Waals surface area contributed by atoms with Crippen molar-refractivity contribution < 1.29 is 4.57 Å². The fourth-order valence-corrected chi connectivity index (χ4v) is 4.40. The molecule has 2 bridgehead atoms. The van der Waals surface area contributed by atoms with Crippen LogP contribution in [0.1, 0.15) is 22.3 Å². The largest absolute Gasteiger partial charge is 0.349 e. The van der Waals surface area contributed by atoms with Gasteiger partial charge >= 0.3 is 0 Å². The molecule has 0 radical (unpaired) electrons. The Hall–Kier alpha value is -2.59. The van der Waals surface area contributed by atoms with Crippen LogP contribution in [-0.2, 0) is 20.1 Å². The molecule has 2 aliphatic rings. The average Bonchev–Trinajstić information content (AvgIpc) is 2.67. The molecule has 5 rings (SSSR count). The molecule has 2 aliphatic heterocycles. The lowest BCUT2D eigenvalue weighted by Crippen LogP contribution is -2.46. The number of halogens is 1. The molecule has 2 aromatic carbocycles. The number of hydrogen-bond acceptors (Lipinski definition) is 2. The van der Waals surface area contributed by atoms with Gasteiger partial charge in [0.05, 0.1) is 6.67 Å². The molecule has 4 heteroatoms. The van der Waals surface area contributed by atoms with Crippen LogP contribution in [0.25, 0.3) is 12.2 Å². The molecule has 0 unspecified atom stereocenters. The van der Waals surface area contributed by atoms with E-state index in [4.69, 9.17) is 0 Å². The van der Waals surface area contributed by atoms with Gasteiger partial charge in [0.15, 0.2) is 12.4 Å². The van der Waals surface area contributed by atoms with E-state index >= 15 is 0 Å². The zero-order valence-electron chi connectivity index (χ0n) is 15.3. The van der Waals surface area contributed by atoms with Gasteiger partial charge in [0, 0.05) is 41.1 Å². The highest BCUT2D eigenvalue weighted by atomic mass is 79.9. The summed E-state index contributed by atoms with van der Waals surface area (Å²) in [7, 11) is 2.04. The van der Waals surface area contributed by atoms with Crippen LogP contribution in [0.5, 0.6) is 0 Å². The first-order valence-electron chi connectivity index (χ1n) is 9.20. The van der Waals surface area contributed by atoms with E-state index < -0.39 is 0 Å². The summed E-state index contributed by atoms with van der Waals surface area (Å²) < 4.78 is 3.20. The number of hydrogen-bond donors (Lipinski definition) is 0. The summed E-state index contributed by atoms with van der Waals surface area (Å²) in [6, 6.07) is 17.7. The normalized spacial score (nSPS) is 15.0. The Morgan fingerprint density at radius 2 is 1.44 bits per heavy atom. The van der Waals surface area contributed by atoms with E-state index in [1.807, 2.05) is 11.6 Å². The molecule has 134 valence electrons. The van der Waals surface area contributed by atoms with Crippen LogP contribution in [0.2, 0.25) is 0 Å². The Morgan fingerprint density at radius 3 is 2.19 bits per heavy atom. The van der Waals surface area contributed by atoms with E-state index in [0.717, 1.165) is 24.2 Å². The van der Waals surface area contributed by atoms with Gasteiger partial charge in [0.25, 0.3) is 0 Å². The molecule has 0 N–H and O–H groups in total. The number of pyridine rings is 1. The lowest BCUT2D eigenvalue weighted by molar-refractivity contribution is -0.671. The van der Waals surface area contributed by atoms with E-state index in [1.165, 1.54) is 33.6 Å². The topological polar surface area (TPSA) is 10.4 Å². The van der Waals surface area contributed by atoms with Crippen molar-refractivity contribution in [2.24, 2.45) is 7.05 Å². The van der Waals surface area contributed by atoms with Crippen molar-refractivity contribution in [2.45, 2.75) is 13.1 Å². The average molecular weight is 419 g/mol. The molecule has 3 nitrogen and oxygen atoms in total. The lowest BCUT2D eigenvalue weighted by Gasteiger charge is -2.45. The fourth-order valence-electron chi connectivity index (χ4n) is 3.99. The van der Waals surface area contributed by atoms with Crippen LogP contribution in [-0.4, -0.2) is 6.67 Å². The summed E-state index contributed by atoms with van der Waals surface area (Å²) in [6.07, 6.45) is 8.53. The Labute approximate surface area is 168 Å². The van der Waals surface area contributed by atoms with Crippen molar-refractivity contribution >= 4 is 39.5 Å². The maximum atomic E-state index is 3.61. The zero-order chi connectivity index (χ0) is 18.4. The van der Waals surface area contributed by atoms with Gasteiger partial charge in [-0.15, -0.1) is 0 Å². The van der Waals surface area contributed by atoms with Crippen molar-refractivity contribution in [3.05, 3.63) is 87.7 Å². The van der Waals surface area contributed by atoms with Crippen molar-refractivity contribution in [2.75, 3.05) is 16.5 Å². The van der Waals surface area contributed by atoms with Gasteiger partial charge in [-0.25, -0.2) is 4.57 Å². The van der Waals surface area contributed by atoms with Crippen LogP contribution >= 0.6 is 15.9 Å². The van der Waals surface area contributed by atoms with Gasteiger partial charge in [-0.1, -0.05) is 34.1 Å². The molecule has 3 heterocycles. The van der Waals surface area contributed by atoms with E-state index in [-0.39, 0.29) is 0 Å². The molecule has 0 saturated carbocycles. The monoisotopic (exact) mass is 418 g/mol. The molecule has 0 fully saturated rings. The zero-order valence-corrected chi connectivity index (χ0v) is 16.9. The SMILES string of the molecule is C[n+]1ccc(/C=C/c2ccc3c(c2)CN2CN3Cc3cc(Br)ccc32)cc1. The molecule has 3 aromatic rings. The van der Waals surface area contributed by atoms with Crippen molar-refractivity contribution in [3.63, 3.8) is 0 Å². The van der Waals surface area contributed by atoms with Crippen LogP contribution in [0, 0.1) is 0 Å². The summed E-state index contributed by atoms with van der Waals surface area (Å²) in [4.78, 5) is 4.94. The third kappa shape index (κ3) is 3.15. The van der Waals surface area contributed by atoms with Gasteiger partial charge in [-0.05, 0) is 52.6 Å². The Balaban J connectivity index is 1.44. The van der Waals surface area contributed by atoms with E-state index in [2.05, 4.69) is 98.8 Å². The maximum Gasteiger partial charge on any atom is 0.169 e. The molecule has 0 atom stereocenters. The number of aryl methyl sites for hydroxylation is 1. The second-order valence-corrected chi connectivity index (χ2v) is 8.24. The summed E-state index contributed by atoms with van der Waals surface area (Å²) in [5.74, 6) is 0. The van der Waals surface area contributed by atoms with E-state index in [0.29, 0.717) is 0 Å². The van der Waals surface area contributed by atoms with Gasteiger partial charge in [-0.2, -0.15) is 0 Å². The Bertz CT molecular complexity index is 1040. The highest BCUT2D eigenvalue weighted by molar-refractivity contribution is 9.10. The quantitative estimate of drug-likeness (QED) is 0.556. The first-order chi connectivity index (χ1) is 13.2. The van der Waals surface area contributed by atoms with Crippen LogP contribution < -0.4 is 14.4 Å². The molecule has 0 saturated heterocycles. The fraction of sp³-hybridized carbons (Fsp3) is 0.174. The number of rotatable bonds is 2. The number of benzene rings is 2. The van der Waals surface area contributed by atoms with Crippen LogP contribution in [0.3, 0.4) is 0 Å². The number of fused-ring (bicyclic) bond motifs is 6. The molecular weight excluding hydrogens is 398 g/mol. The molecule has 0 aliphatic carbocycles. The van der Waals surface area contributed by atoms with Gasteiger partial charge in [0.2, 0.25) is 0 Å². The maximum absolute atomic E-state index is 3.61. The molecule has 0 amide bonds. The first-order valence-corrected chi connectivity index (χ1v) is 10.00. The van der Waals surface area contributed by atoms with Crippen LogP contribution in [0.15, 0.2) is 65.4 Å². The summed E-state index contributed by atoms with van der Waals surface area (Å²) in [5, 5.41) is 0. The molecule has 1 aromatic heterocycles. The van der Waals surface area contributed by atoms with Crippen molar-refractivity contribution in [1.82, 2.24) is 0 Å². The smallest absolute Gasteiger partial charge is 0.169 e. The standard InChI is InChI=1S/C23H21BrN3/c1-25-10-8-17(9-11-25)2-3-18-4-6-22-19(12-18)14-26-16-27(22)15-20-13-21(24)5-7-23(20)26/h2-13H,14-16H2,1H3/q+1. The first kappa shape index (κ1) is 16.6. The van der Waals surface area contributed by atoms with Gasteiger partial charge in [-0.3, -0.25) is 0 Å². The highest BCUT2D eigenvalue weighted by Gasteiger charge is 2.29. The van der Waals surface area contributed by atoms with Crippen LogP contribution in [0.4, 0.5) is 11.4 Å². The Morgan fingerprint density at radius 1 is 0.815 bits per heavy atom. The molecule has 27 heavy (non-hydrogen) atoms. The lowest BCUT2D eigenvalue weighted by atomic mass is 9.99. The third-order valence-corrected chi connectivity index (χ3v) is 5.86.